The van der Waals surface area contributed by atoms with Gasteiger partial charge in [0.25, 0.3) is 5.56 Å². The maximum atomic E-state index is 11.8. The molecule has 0 saturated heterocycles. The molecule has 10 heteroatoms. The van der Waals surface area contributed by atoms with E-state index >= 15 is 0 Å². The van der Waals surface area contributed by atoms with Crippen LogP contribution in [0, 0.1) is 10.1 Å². The number of halogens is 1. The number of aromatic amines is 1. The number of nitro groups is 1. The quantitative estimate of drug-likeness (QED) is 0.586. The average Bonchev–Trinajstić information content (AvgIpc) is 2.96. The van der Waals surface area contributed by atoms with E-state index in [1.165, 1.54) is 22.2 Å². The third kappa shape index (κ3) is 2.17. The fourth-order valence-electron chi connectivity index (χ4n) is 1.74. The summed E-state index contributed by atoms with van der Waals surface area (Å²) in [5.74, 6) is -0.0689. The largest absolute Gasteiger partial charge is 0.408 e. The lowest BCUT2D eigenvalue weighted by molar-refractivity contribution is -0.389. The summed E-state index contributed by atoms with van der Waals surface area (Å²) in [6.45, 7) is 0.0919. The zero-order valence-corrected chi connectivity index (χ0v) is 11.3. The van der Waals surface area contributed by atoms with Gasteiger partial charge < -0.3 is 15.1 Å². The summed E-state index contributed by atoms with van der Waals surface area (Å²) < 4.78 is 1.80. The molecule has 0 aliphatic heterocycles. The van der Waals surface area contributed by atoms with Gasteiger partial charge in [0.15, 0.2) is 5.02 Å². The SMILES string of the molecule is O=c1[nH]c(Cn2cc(Cl)c([N+](=O)[O-])n2)nc2ccsc12. The van der Waals surface area contributed by atoms with Crippen molar-refractivity contribution in [1.29, 1.82) is 0 Å². The molecule has 0 aliphatic rings. The van der Waals surface area contributed by atoms with Gasteiger partial charge in [0.2, 0.25) is 0 Å². The Morgan fingerprint density at radius 1 is 1.55 bits per heavy atom. The highest BCUT2D eigenvalue weighted by Gasteiger charge is 2.19. The molecule has 102 valence electrons. The molecular formula is C10H6ClN5O3S. The molecule has 3 heterocycles. The van der Waals surface area contributed by atoms with Gasteiger partial charge in [-0.3, -0.25) is 4.79 Å². The van der Waals surface area contributed by atoms with Gasteiger partial charge in [-0.2, -0.15) is 4.68 Å². The Morgan fingerprint density at radius 3 is 3.05 bits per heavy atom. The second-order valence-electron chi connectivity index (χ2n) is 3.90. The van der Waals surface area contributed by atoms with Crippen LogP contribution in [0.4, 0.5) is 5.82 Å². The van der Waals surface area contributed by atoms with E-state index in [1.54, 1.807) is 11.4 Å². The Kier molecular flexibility index (Phi) is 2.99. The third-order valence-corrected chi connectivity index (χ3v) is 3.72. The van der Waals surface area contributed by atoms with Gasteiger partial charge in [0.05, 0.1) is 16.8 Å². The zero-order valence-electron chi connectivity index (χ0n) is 9.74. The molecule has 0 bridgehead atoms. The Balaban J connectivity index is 1.98. The van der Waals surface area contributed by atoms with Crippen LogP contribution < -0.4 is 5.56 Å². The summed E-state index contributed by atoms with van der Waals surface area (Å²) in [7, 11) is 0. The Labute approximate surface area is 119 Å². The van der Waals surface area contributed by atoms with Crippen LogP contribution in [0.1, 0.15) is 5.82 Å². The van der Waals surface area contributed by atoms with E-state index in [0.29, 0.717) is 16.0 Å². The minimum absolute atomic E-state index is 0.0611. The van der Waals surface area contributed by atoms with Crippen LogP contribution >= 0.6 is 22.9 Å². The van der Waals surface area contributed by atoms with Crippen molar-refractivity contribution in [3.05, 3.63) is 49.0 Å². The number of nitrogens with one attached hydrogen (secondary N) is 1. The highest BCUT2D eigenvalue weighted by molar-refractivity contribution is 7.17. The molecule has 3 aromatic heterocycles. The minimum atomic E-state index is -0.670. The van der Waals surface area contributed by atoms with Gasteiger partial charge >= 0.3 is 5.82 Å². The minimum Gasteiger partial charge on any atom is -0.358 e. The van der Waals surface area contributed by atoms with Crippen molar-refractivity contribution in [2.45, 2.75) is 6.54 Å². The summed E-state index contributed by atoms with van der Waals surface area (Å²) in [5.41, 5.74) is 0.342. The Hall–Kier alpha value is -2.26. The molecule has 0 unspecified atom stereocenters. The second kappa shape index (κ2) is 4.69. The highest BCUT2D eigenvalue weighted by Crippen LogP contribution is 2.21. The van der Waals surface area contributed by atoms with E-state index in [2.05, 4.69) is 15.1 Å². The van der Waals surface area contributed by atoms with Gasteiger partial charge in [0, 0.05) is 0 Å². The Morgan fingerprint density at radius 2 is 2.35 bits per heavy atom. The summed E-state index contributed by atoms with van der Waals surface area (Å²) in [4.78, 5) is 28.6. The van der Waals surface area contributed by atoms with Crippen molar-refractivity contribution in [3.8, 4) is 0 Å². The number of thiophene rings is 1. The Bertz CT molecular complexity index is 867. The van der Waals surface area contributed by atoms with Crippen LogP contribution in [-0.2, 0) is 6.54 Å². The molecule has 0 radical (unpaired) electrons. The van der Waals surface area contributed by atoms with E-state index < -0.39 is 10.7 Å². The van der Waals surface area contributed by atoms with Gasteiger partial charge in [0.1, 0.15) is 17.1 Å². The molecule has 0 saturated carbocycles. The smallest absolute Gasteiger partial charge is 0.358 e. The van der Waals surface area contributed by atoms with Crippen molar-refractivity contribution >= 4 is 39.0 Å². The topological polar surface area (TPSA) is 107 Å². The fraction of sp³-hybridized carbons (Fsp3) is 0.100. The first-order chi connectivity index (χ1) is 9.54. The molecule has 1 N–H and O–H groups in total. The molecule has 0 amide bonds. The molecule has 0 spiro atoms. The lowest BCUT2D eigenvalue weighted by atomic mass is 10.4. The van der Waals surface area contributed by atoms with Crippen molar-refractivity contribution < 1.29 is 4.92 Å². The summed E-state index contributed by atoms with van der Waals surface area (Å²) in [5, 5.41) is 16.1. The first-order valence-electron chi connectivity index (χ1n) is 5.38. The molecule has 0 aromatic carbocycles. The predicted molar refractivity (Wildman–Crippen MR) is 73.2 cm³/mol. The van der Waals surface area contributed by atoms with Crippen molar-refractivity contribution in [1.82, 2.24) is 19.7 Å². The number of hydrogen-bond donors (Lipinski definition) is 1. The van der Waals surface area contributed by atoms with Gasteiger partial charge in [-0.1, -0.05) is 11.6 Å². The lowest BCUT2D eigenvalue weighted by Crippen LogP contribution is -2.13. The van der Waals surface area contributed by atoms with Gasteiger partial charge in [-0.25, -0.2) is 4.98 Å². The number of aromatic nitrogens is 4. The van der Waals surface area contributed by atoms with Crippen LogP contribution in [0.15, 0.2) is 22.4 Å². The van der Waals surface area contributed by atoms with Gasteiger partial charge in [-0.15, -0.1) is 11.3 Å². The van der Waals surface area contributed by atoms with Crippen LogP contribution in [0.5, 0.6) is 0 Å². The molecule has 0 atom stereocenters. The third-order valence-electron chi connectivity index (χ3n) is 2.55. The number of nitrogens with zero attached hydrogens (tertiary/aromatic N) is 4. The fourth-order valence-corrected chi connectivity index (χ4v) is 2.69. The highest BCUT2D eigenvalue weighted by atomic mass is 35.5. The summed E-state index contributed by atoms with van der Waals surface area (Å²) in [6, 6.07) is 1.73. The molecule has 0 aliphatic carbocycles. The van der Waals surface area contributed by atoms with Crippen molar-refractivity contribution in [3.63, 3.8) is 0 Å². The first kappa shape index (κ1) is 12.8. The number of H-pyrrole nitrogens is 1. The predicted octanol–water partition coefficient (Wildman–Crippen LogP) is 1.79. The maximum Gasteiger partial charge on any atom is 0.408 e. The summed E-state index contributed by atoms with van der Waals surface area (Å²) in [6.07, 6.45) is 1.32. The summed E-state index contributed by atoms with van der Waals surface area (Å²) >= 11 is 7.00. The number of fused-ring (bicyclic) bond motifs is 1. The molecule has 0 fully saturated rings. The number of rotatable bonds is 3. The van der Waals surface area contributed by atoms with E-state index in [0.717, 1.165) is 0 Å². The average molecular weight is 312 g/mol. The van der Waals surface area contributed by atoms with E-state index in [4.69, 9.17) is 11.6 Å². The zero-order chi connectivity index (χ0) is 14.3. The van der Waals surface area contributed by atoms with Crippen LogP contribution in [0.2, 0.25) is 5.02 Å². The molecule has 3 aromatic rings. The standard InChI is InChI=1S/C10H6ClN5O3S/c11-5-3-15(14-9(5)16(18)19)4-7-12-6-1-2-20-8(6)10(17)13-7/h1-3H,4H2,(H,12,13,17). The van der Waals surface area contributed by atoms with Gasteiger partial charge in [-0.05, 0) is 16.4 Å². The van der Waals surface area contributed by atoms with E-state index in [9.17, 15) is 14.9 Å². The molecule has 20 heavy (non-hydrogen) atoms. The van der Waals surface area contributed by atoms with Crippen LogP contribution in [0.3, 0.4) is 0 Å². The maximum absolute atomic E-state index is 11.8. The molecule has 3 rings (SSSR count). The van der Waals surface area contributed by atoms with E-state index in [1.807, 2.05) is 0 Å². The second-order valence-corrected chi connectivity index (χ2v) is 5.23. The van der Waals surface area contributed by atoms with Crippen LogP contribution in [-0.4, -0.2) is 24.7 Å². The molecule has 8 nitrogen and oxygen atoms in total. The van der Waals surface area contributed by atoms with Crippen LogP contribution in [0.25, 0.3) is 10.2 Å². The monoisotopic (exact) mass is 311 g/mol. The normalized spacial score (nSPS) is 11.1. The number of hydrogen-bond acceptors (Lipinski definition) is 6. The first-order valence-corrected chi connectivity index (χ1v) is 6.64. The van der Waals surface area contributed by atoms with Crippen molar-refractivity contribution in [2.24, 2.45) is 0 Å². The van der Waals surface area contributed by atoms with Crippen molar-refractivity contribution in [2.75, 3.05) is 0 Å². The van der Waals surface area contributed by atoms with E-state index in [-0.39, 0.29) is 17.1 Å². The molecular weight excluding hydrogens is 306 g/mol. The lowest BCUT2D eigenvalue weighted by Gasteiger charge is -1.98.